The van der Waals surface area contributed by atoms with E-state index in [1.807, 2.05) is 0 Å². The van der Waals surface area contributed by atoms with E-state index in [4.69, 9.17) is 11.6 Å². The summed E-state index contributed by atoms with van der Waals surface area (Å²) in [6, 6.07) is 3.31. The third-order valence-corrected chi connectivity index (χ3v) is 4.33. The van der Waals surface area contributed by atoms with Gasteiger partial charge in [-0.3, -0.25) is 14.4 Å². The van der Waals surface area contributed by atoms with Gasteiger partial charge in [0.15, 0.2) is 5.78 Å². The van der Waals surface area contributed by atoms with E-state index < -0.39 is 0 Å². The lowest BCUT2D eigenvalue weighted by molar-refractivity contribution is -0.125. The fraction of sp³-hybridized carbons (Fsp3) is 0.462. The van der Waals surface area contributed by atoms with E-state index in [0.29, 0.717) is 28.6 Å². The van der Waals surface area contributed by atoms with E-state index in [9.17, 15) is 14.4 Å². The summed E-state index contributed by atoms with van der Waals surface area (Å²) in [6.45, 7) is 0.457. The van der Waals surface area contributed by atoms with Crippen LogP contribution in [-0.4, -0.2) is 30.2 Å². The third-order valence-electron chi connectivity index (χ3n) is 3.06. The molecule has 1 fully saturated rings. The number of carbonyl (C=O) groups is 3. The molecule has 7 heteroatoms. The Hall–Kier alpha value is -1.40. The molecule has 0 unspecified atom stereocenters. The first-order valence-corrected chi connectivity index (χ1v) is 7.58. The molecule has 1 aliphatic heterocycles. The van der Waals surface area contributed by atoms with Gasteiger partial charge in [0, 0.05) is 31.8 Å². The van der Waals surface area contributed by atoms with Crippen molar-refractivity contribution in [2.45, 2.75) is 31.7 Å². The fourth-order valence-electron chi connectivity index (χ4n) is 1.97. The van der Waals surface area contributed by atoms with Crippen molar-refractivity contribution >= 4 is 40.5 Å². The number of nitrogens with one attached hydrogen (secondary N) is 2. The molecule has 0 spiro atoms. The highest BCUT2D eigenvalue weighted by atomic mass is 35.5. The molecule has 20 heavy (non-hydrogen) atoms. The highest BCUT2D eigenvalue weighted by Gasteiger charge is 2.20. The second-order valence-electron chi connectivity index (χ2n) is 4.63. The van der Waals surface area contributed by atoms with E-state index in [-0.39, 0.29) is 36.5 Å². The number of thiophene rings is 1. The van der Waals surface area contributed by atoms with Crippen molar-refractivity contribution in [3.63, 3.8) is 0 Å². The lowest BCUT2D eigenvalue weighted by Crippen LogP contribution is -2.47. The molecule has 0 aliphatic carbocycles. The monoisotopic (exact) mass is 314 g/mol. The zero-order valence-electron chi connectivity index (χ0n) is 10.8. The summed E-state index contributed by atoms with van der Waals surface area (Å²) in [4.78, 5) is 35.1. The zero-order valence-corrected chi connectivity index (χ0v) is 12.4. The molecule has 108 valence electrons. The van der Waals surface area contributed by atoms with Gasteiger partial charge >= 0.3 is 0 Å². The average Bonchev–Trinajstić information content (AvgIpc) is 2.85. The van der Waals surface area contributed by atoms with E-state index >= 15 is 0 Å². The van der Waals surface area contributed by atoms with Gasteiger partial charge in [0.25, 0.3) is 0 Å². The second-order valence-corrected chi connectivity index (χ2v) is 6.35. The van der Waals surface area contributed by atoms with Crippen LogP contribution in [0.5, 0.6) is 0 Å². The highest BCUT2D eigenvalue weighted by molar-refractivity contribution is 7.18. The van der Waals surface area contributed by atoms with Gasteiger partial charge in [-0.2, -0.15) is 0 Å². The van der Waals surface area contributed by atoms with Gasteiger partial charge in [-0.05, 0) is 18.6 Å². The Bertz CT molecular complexity index is 519. The molecule has 0 saturated carbocycles. The largest absolute Gasteiger partial charge is 0.354 e. The Balaban J connectivity index is 1.72. The lowest BCUT2D eigenvalue weighted by atomic mass is 10.1. The second kappa shape index (κ2) is 6.85. The minimum atomic E-state index is -0.165. The molecule has 0 aromatic carbocycles. The van der Waals surface area contributed by atoms with Crippen LogP contribution >= 0.6 is 22.9 Å². The maximum atomic E-state index is 11.8. The molecule has 1 aliphatic rings. The number of carbonyl (C=O) groups excluding carboxylic acids is 3. The minimum Gasteiger partial charge on any atom is -0.354 e. The van der Waals surface area contributed by atoms with Crippen LogP contribution in [0.1, 0.15) is 35.4 Å². The van der Waals surface area contributed by atoms with E-state index in [1.165, 1.54) is 11.3 Å². The summed E-state index contributed by atoms with van der Waals surface area (Å²) in [5, 5.41) is 5.52. The molecule has 2 heterocycles. The molecule has 0 radical (unpaired) electrons. The van der Waals surface area contributed by atoms with Crippen molar-refractivity contribution in [2.75, 3.05) is 6.54 Å². The molecular formula is C13H15ClN2O3S. The van der Waals surface area contributed by atoms with Crippen molar-refractivity contribution < 1.29 is 14.4 Å². The van der Waals surface area contributed by atoms with Crippen molar-refractivity contribution in [2.24, 2.45) is 0 Å². The molecule has 0 bridgehead atoms. The quantitative estimate of drug-likeness (QED) is 0.813. The number of Topliss-reactive ketones (excluding diaryl/α,β-unsaturated/α-hetero) is 1. The van der Waals surface area contributed by atoms with Gasteiger partial charge in [-0.25, -0.2) is 0 Å². The van der Waals surface area contributed by atoms with Crippen LogP contribution in [-0.2, 0) is 9.59 Å². The fourth-order valence-corrected chi connectivity index (χ4v) is 2.98. The summed E-state index contributed by atoms with van der Waals surface area (Å²) in [5.41, 5.74) is 0. The summed E-state index contributed by atoms with van der Waals surface area (Å²) in [5.74, 6) is -0.226. The summed E-state index contributed by atoms with van der Waals surface area (Å²) in [7, 11) is 0. The average molecular weight is 315 g/mol. The molecule has 2 amide bonds. The molecular weight excluding hydrogens is 300 g/mol. The molecule has 2 N–H and O–H groups in total. The number of ketones is 1. The van der Waals surface area contributed by atoms with E-state index in [2.05, 4.69) is 10.6 Å². The standard InChI is InChI=1S/C13H15ClN2O3S/c14-11-4-3-10(20-11)9(17)2-6-13(19)16-8-1-5-12(18)15-7-8/h3-4,8H,1-2,5-7H2,(H,15,18)(H,16,19)/t8-/m1/s1. The van der Waals surface area contributed by atoms with E-state index in [0.717, 1.165) is 0 Å². The normalized spacial score (nSPS) is 18.4. The Morgan fingerprint density at radius 3 is 2.80 bits per heavy atom. The van der Waals surface area contributed by atoms with Crippen LogP contribution in [0.3, 0.4) is 0 Å². The molecule has 5 nitrogen and oxygen atoms in total. The predicted molar refractivity (Wildman–Crippen MR) is 77.1 cm³/mol. The van der Waals surface area contributed by atoms with Gasteiger partial charge in [0.2, 0.25) is 11.8 Å². The van der Waals surface area contributed by atoms with Crippen molar-refractivity contribution in [3.05, 3.63) is 21.3 Å². The Morgan fingerprint density at radius 1 is 1.40 bits per heavy atom. The van der Waals surface area contributed by atoms with Crippen LogP contribution in [0.25, 0.3) is 0 Å². The minimum absolute atomic E-state index is 0.0141. The Morgan fingerprint density at radius 2 is 2.20 bits per heavy atom. The maximum Gasteiger partial charge on any atom is 0.220 e. The summed E-state index contributed by atoms with van der Waals surface area (Å²) >= 11 is 6.98. The number of piperidine rings is 1. The van der Waals surface area contributed by atoms with Crippen LogP contribution in [0.15, 0.2) is 12.1 Å². The number of hydrogen-bond donors (Lipinski definition) is 2. The van der Waals surface area contributed by atoms with Crippen molar-refractivity contribution in [1.82, 2.24) is 10.6 Å². The molecule has 2 rings (SSSR count). The van der Waals surface area contributed by atoms with Gasteiger partial charge in [0.1, 0.15) is 0 Å². The number of hydrogen-bond acceptors (Lipinski definition) is 4. The van der Waals surface area contributed by atoms with E-state index in [1.54, 1.807) is 12.1 Å². The zero-order chi connectivity index (χ0) is 14.5. The topological polar surface area (TPSA) is 75.3 Å². The molecule has 1 aromatic heterocycles. The van der Waals surface area contributed by atoms with Crippen molar-refractivity contribution in [3.8, 4) is 0 Å². The number of rotatable bonds is 5. The summed E-state index contributed by atoms with van der Waals surface area (Å²) < 4.78 is 0.566. The first kappa shape index (κ1) is 15.0. The summed E-state index contributed by atoms with van der Waals surface area (Å²) in [6.07, 6.45) is 1.39. The Labute approximate surface area is 125 Å². The smallest absolute Gasteiger partial charge is 0.220 e. The first-order valence-electron chi connectivity index (χ1n) is 6.39. The van der Waals surface area contributed by atoms with Crippen LogP contribution < -0.4 is 10.6 Å². The SMILES string of the molecule is O=C1CC[C@@H](NC(=O)CCC(=O)c2ccc(Cl)s2)CN1. The molecule has 1 saturated heterocycles. The lowest BCUT2D eigenvalue weighted by Gasteiger charge is -2.23. The van der Waals surface area contributed by atoms with Crippen LogP contribution in [0.4, 0.5) is 0 Å². The van der Waals surface area contributed by atoms with Crippen molar-refractivity contribution in [1.29, 1.82) is 0 Å². The van der Waals surface area contributed by atoms with Gasteiger partial charge in [-0.15, -0.1) is 11.3 Å². The number of amides is 2. The highest BCUT2D eigenvalue weighted by Crippen LogP contribution is 2.22. The van der Waals surface area contributed by atoms with Crippen LogP contribution in [0.2, 0.25) is 4.34 Å². The number of halogens is 1. The maximum absolute atomic E-state index is 11.8. The van der Waals surface area contributed by atoms with Gasteiger partial charge in [-0.1, -0.05) is 11.6 Å². The third kappa shape index (κ3) is 4.31. The molecule has 1 atom stereocenters. The first-order chi connectivity index (χ1) is 9.54. The van der Waals surface area contributed by atoms with Gasteiger partial charge < -0.3 is 10.6 Å². The van der Waals surface area contributed by atoms with Gasteiger partial charge in [0.05, 0.1) is 9.21 Å². The Kier molecular flexibility index (Phi) is 5.14. The van der Waals surface area contributed by atoms with Crippen LogP contribution in [0, 0.1) is 0 Å². The predicted octanol–water partition coefficient (Wildman–Crippen LogP) is 1.76. The molecule has 1 aromatic rings.